The van der Waals surface area contributed by atoms with Crippen molar-refractivity contribution in [2.75, 3.05) is 5.32 Å². The van der Waals surface area contributed by atoms with Crippen LogP contribution < -0.4 is 10.6 Å². The molecular weight excluding hydrogens is 340 g/mol. The second-order valence-electron chi connectivity index (χ2n) is 6.44. The van der Waals surface area contributed by atoms with Gasteiger partial charge in [0.05, 0.1) is 5.56 Å². The van der Waals surface area contributed by atoms with Gasteiger partial charge < -0.3 is 15.7 Å². The normalized spacial score (nSPS) is 14.5. The third-order valence-corrected chi connectivity index (χ3v) is 5.59. The number of carbonyl (C=O) groups excluding carboxylic acids is 2. The van der Waals surface area contributed by atoms with Crippen LogP contribution in [0.1, 0.15) is 72.7 Å². The zero-order chi connectivity index (χ0) is 18.4. The van der Waals surface area contributed by atoms with E-state index in [2.05, 4.69) is 10.6 Å². The average molecular weight is 366 g/mol. The van der Waals surface area contributed by atoms with Gasteiger partial charge in [0.2, 0.25) is 5.91 Å². The predicted octanol–water partition coefficient (Wildman–Crippen LogP) is 3.48. The highest BCUT2D eigenvalue weighted by molar-refractivity contribution is 7.16. The van der Waals surface area contributed by atoms with Crippen LogP contribution in [-0.4, -0.2) is 28.9 Å². The molecule has 0 unspecified atom stereocenters. The van der Waals surface area contributed by atoms with E-state index in [-0.39, 0.29) is 37.1 Å². The predicted molar refractivity (Wildman–Crippen MR) is 98.3 cm³/mol. The van der Waals surface area contributed by atoms with Crippen LogP contribution in [0, 0.1) is 6.92 Å². The topological polar surface area (TPSA) is 95.5 Å². The summed E-state index contributed by atoms with van der Waals surface area (Å²) in [7, 11) is 0. The molecule has 0 aromatic carbocycles. The van der Waals surface area contributed by atoms with E-state index in [1.54, 1.807) is 0 Å². The van der Waals surface area contributed by atoms with E-state index in [9.17, 15) is 14.4 Å². The number of rotatable bonds is 8. The lowest BCUT2D eigenvalue weighted by atomic mass is 10.1. The molecule has 1 aromatic heterocycles. The number of aryl methyl sites for hydroxylation is 1. The largest absolute Gasteiger partial charge is 0.481 e. The van der Waals surface area contributed by atoms with Crippen LogP contribution in [0.5, 0.6) is 0 Å². The number of carboxylic acids is 1. The van der Waals surface area contributed by atoms with Gasteiger partial charge in [-0.1, -0.05) is 19.8 Å². The van der Waals surface area contributed by atoms with Crippen molar-refractivity contribution in [2.24, 2.45) is 0 Å². The quantitative estimate of drug-likeness (QED) is 0.656. The van der Waals surface area contributed by atoms with Crippen molar-refractivity contribution < 1.29 is 19.5 Å². The van der Waals surface area contributed by atoms with Gasteiger partial charge in [0.1, 0.15) is 5.00 Å². The lowest BCUT2D eigenvalue weighted by molar-refractivity contribution is -0.137. The first-order valence-corrected chi connectivity index (χ1v) is 9.68. The summed E-state index contributed by atoms with van der Waals surface area (Å²) >= 11 is 1.41. The van der Waals surface area contributed by atoms with Gasteiger partial charge in [-0.15, -0.1) is 11.3 Å². The number of amides is 2. The lowest BCUT2D eigenvalue weighted by Crippen LogP contribution is -2.33. The Labute approximate surface area is 152 Å². The molecule has 25 heavy (non-hydrogen) atoms. The maximum atomic E-state index is 12.8. The molecule has 1 aromatic rings. The van der Waals surface area contributed by atoms with Crippen molar-refractivity contribution in [2.45, 2.75) is 71.3 Å². The maximum absolute atomic E-state index is 12.8. The summed E-state index contributed by atoms with van der Waals surface area (Å²) in [5, 5.41) is 15.1. The minimum atomic E-state index is -0.912. The van der Waals surface area contributed by atoms with Crippen LogP contribution in [-0.2, 0) is 16.0 Å². The molecule has 1 fully saturated rings. The second-order valence-corrected chi connectivity index (χ2v) is 7.67. The molecule has 0 atom stereocenters. The van der Waals surface area contributed by atoms with E-state index in [4.69, 9.17) is 5.11 Å². The standard InChI is InChI=1S/C18H26N2O4S/c1-3-13-11(2)25-18(20-14(21)9-6-10-15(22)23)16(13)17(24)19-12-7-4-5-8-12/h12H,3-10H2,1-2H3,(H,19,24)(H,20,21)(H,22,23). The number of hydrogen-bond acceptors (Lipinski definition) is 4. The molecule has 0 saturated heterocycles. The van der Waals surface area contributed by atoms with Crippen LogP contribution in [0.3, 0.4) is 0 Å². The van der Waals surface area contributed by atoms with Crippen LogP contribution in [0.4, 0.5) is 5.00 Å². The molecule has 2 amide bonds. The highest BCUT2D eigenvalue weighted by atomic mass is 32.1. The molecular formula is C18H26N2O4S. The summed E-state index contributed by atoms with van der Waals surface area (Å²) < 4.78 is 0. The Morgan fingerprint density at radius 1 is 1.20 bits per heavy atom. The van der Waals surface area contributed by atoms with E-state index < -0.39 is 5.97 Å². The third kappa shape index (κ3) is 5.29. The van der Waals surface area contributed by atoms with Gasteiger partial charge in [-0.05, 0) is 38.2 Å². The molecule has 138 valence electrons. The Hall–Kier alpha value is -1.89. The minimum Gasteiger partial charge on any atom is -0.481 e. The monoisotopic (exact) mass is 366 g/mol. The lowest BCUT2D eigenvalue weighted by Gasteiger charge is -2.14. The number of aliphatic carboxylic acids is 1. The smallest absolute Gasteiger partial charge is 0.303 e. The number of nitrogens with one attached hydrogen (secondary N) is 2. The molecule has 1 saturated carbocycles. The molecule has 6 nitrogen and oxygen atoms in total. The Kier molecular flexibility index (Phi) is 6.99. The minimum absolute atomic E-state index is 0.0356. The molecule has 1 heterocycles. The molecule has 1 aliphatic carbocycles. The summed E-state index contributed by atoms with van der Waals surface area (Å²) in [5.74, 6) is -1.28. The Morgan fingerprint density at radius 2 is 1.88 bits per heavy atom. The number of hydrogen-bond donors (Lipinski definition) is 3. The fraction of sp³-hybridized carbons (Fsp3) is 0.611. The highest BCUT2D eigenvalue weighted by Crippen LogP contribution is 2.34. The zero-order valence-corrected chi connectivity index (χ0v) is 15.6. The van der Waals surface area contributed by atoms with Crippen molar-refractivity contribution in [3.8, 4) is 0 Å². The molecule has 0 aliphatic heterocycles. The van der Waals surface area contributed by atoms with Gasteiger partial charge in [0, 0.05) is 23.8 Å². The molecule has 7 heteroatoms. The Morgan fingerprint density at radius 3 is 2.48 bits per heavy atom. The summed E-state index contributed by atoms with van der Waals surface area (Å²) in [6.45, 7) is 3.95. The zero-order valence-electron chi connectivity index (χ0n) is 14.8. The van der Waals surface area contributed by atoms with Gasteiger partial charge in [-0.25, -0.2) is 0 Å². The molecule has 1 aliphatic rings. The fourth-order valence-electron chi connectivity index (χ4n) is 3.25. The first kappa shape index (κ1) is 19.4. The van der Waals surface area contributed by atoms with Gasteiger partial charge in [0.15, 0.2) is 0 Å². The van der Waals surface area contributed by atoms with Crippen molar-refractivity contribution >= 4 is 34.1 Å². The first-order chi connectivity index (χ1) is 11.9. The number of carboxylic acid groups (broad SMARTS) is 1. The number of carbonyl (C=O) groups is 3. The van der Waals surface area contributed by atoms with Gasteiger partial charge >= 0.3 is 5.97 Å². The molecule has 0 radical (unpaired) electrons. The second kappa shape index (κ2) is 8.99. The highest BCUT2D eigenvalue weighted by Gasteiger charge is 2.25. The summed E-state index contributed by atoms with van der Waals surface area (Å²) in [4.78, 5) is 36.4. The van der Waals surface area contributed by atoms with E-state index in [1.807, 2.05) is 13.8 Å². The number of thiophene rings is 1. The summed E-state index contributed by atoms with van der Waals surface area (Å²) in [6, 6.07) is 0.219. The van der Waals surface area contributed by atoms with Crippen molar-refractivity contribution in [3.63, 3.8) is 0 Å². The van der Waals surface area contributed by atoms with Crippen molar-refractivity contribution in [3.05, 3.63) is 16.0 Å². The van der Waals surface area contributed by atoms with Crippen LogP contribution in [0.2, 0.25) is 0 Å². The van der Waals surface area contributed by atoms with Gasteiger partial charge in [-0.2, -0.15) is 0 Å². The fourth-order valence-corrected chi connectivity index (χ4v) is 4.41. The summed E-state index contributed by atoms with van der Waals surface area (Å²) in [6.07, 6.45) is 5.41. The molecule has 2 rings (SSSR count). The van der Waals surface area contributed by atoms with E-state index in [0.29, 0.717) is 10.6 Å². The van der Waals surface area contributed by atoms with Crippen molar-refractivity contribution in [1.29, 1.82) is 0 Å². The SMILES string of the molecule is CCc1c(C)sc(NC(=O)CCCC(=O)O)c1C(=O)NC1CCCC1. The van der Waals surface area contributed by atoms with Crippen LogP contribution in [0.25, 0.3) is 0 Å². The molecule has 0 spiro atoms. The van der Waals surface area contributed by atoms with E-state index >= 15 is 0 Å². The van der Waals surface area contributed by atoms with E-state index in [1.165, 1.54) is 11.3 Å². The first-order valence-electron chi connectivity index (χ1n) is 8.87. The Balaban J connectivity index is 2.10. The van der Waals surface area contributed by atoms with Crippen molar-refractivity contribution in [1.82, 2.24) is 5.32 Å². The molecule has 3 N–H and O–H groups in total. The molecule has 0 bridgehead atoms. The Bertz CT molecular complexity index is 648. The third-order valence-electron chi connectivity index (χ3n) is 4.53. The number of anilines is 1. The summed E-state index contributed by atoms with van der Waals surface area (Å²) in [5.41, 5.74) is 1.55. The average Bonchev–Trinajstić information content (AvgIpc) is 3.14. The van der Waals surface area contributed by atoms with Crippen LogP contribution >= 0.6 is 11.3 Å². The van der Waals surface area contributed by atoms with Gasteiger partial charge in [-0.3, -0.25) is 14.4 Å². The van der Waals surface area contributed by atoms with Crippen LogP contribution in [0.15, 0.2) is 0 Å². The van der Waals surface area contributed by atoms with Gasteiger partial charge in [0.25, 0.3) is 5.91 Å². The van der Waals surface area contributed by atoms with E-state index in [0.717, 1.165) is 42.5 Å². The maximum Gasteiger partial charge on any atom is 0.303 e.